The van der Waals surface area contributed by atoms with Crippen molar-refractivity contribution in [1.29, 1.82) is 0 Å². The molecule has 0 bridgehead atoms. The van der Waals surface area contributed by atoms with Crippen molar-refractivity contribution in [3.8, 4) is 0 Å². The molecular weight excluding hydrogens is 250 g/mol. The van der Waals surface area contributed by atoms with Gasteiger partial charge in [-0.3, -0.25) is 4.31 Å². The summed E-state index contributed by atoms with van der Waals surface area (Å²) in [6, 6.07) is 7.50. The summed E-state index contributed by atoms with van der Waals surface area (Å²) >= 11 is 0. The van der Waals surface area contributed by atoms with Crippen molar-refractivity contribution >= 4 is 15.9 Å². The average Bonchev–Trinajstić information content (AvgIpc) is 2.33. The van der Waals surface area contributed by atoms with Crippen LogP contribution in [0.4, 0.5) is 5.69 Å². The standard InChI is InChI=1S/C12H19N3O2S/c1-10-4-2-3-5-12(10)15-9-11(6-7-13)8-14-18(15,16)17/h2-5,11,14H,6-9,13H2,1H3. The summed E-state index contributed by atoms with van der Waals surface area (Å²) in [7, 11) is -3.41. The lowest BCUT2D eigenvalue weighted by atomic mass is 10.1. The van der Waals surface area contributed by atoms with E-state index in [1.807, 2.05) is 31.2 Å². The van der Waals surface area contributed by atoms with Gasteiger partial charge in [-0.15, -0.1) is 0 Å². The minimum absolute atomic E-state index is 0.262. The van der Waals surface area contributed by atoms with Gasteiger partial charge in [-0.05, 0) is 37.4 Å². The Kier molecular flexibility index (Phi) is 3.89. The topological polar surface area (TPSA) is 75.4 Å². The Morgan fingerprint density at radius 2 is 2.17 bits per heavy atom. The van der Waals surface area contributed by atoms with Gasteiger partial charge in [0.15, 0.2) is 0 Å². The van der Waals surface area contributed by atoms with Crippen LogP contribution in [0.25, 0.3) is 0 Å². The Hall–Kier alpha value is -1.11. The number of hydrogen-bond acceptors (Lipinski definition) is 3. The molecule has 1 aliphatic heterocycles. The first-order valence-corrected chi connectivity index (χ1v) is 7.51. The number of nitrogens with one attached hydrogen (secondary N) is 1. The molecule has 1 saturated heterocycles. The summed E-state index contributed by atoms with van der Waals surface area (Å²) in [4.78, 5) is 0. The Morgan fingerprint density at radius 3 is 2.83 bits per heavy atom. The van der Waals surface area contributed by atoms with Crippen molar-refractivity contribution in [2.24, 2.45) is 11.7 Å². The molecule has 1 atom stereocenters. The summed E-state index contributed by atoms with van der Waals surface area (Å²) in [5, 5.41) is 0. The van der Waals surface area contributed by atoms with Crippen molar-refractivity contribution in [2.45, 2.75) is 13.3 Å². The molecular formula is C12H19N3O2S. The van der Waals surface area contributed by atoms with Crippen LogP contribution in [0.5, 0.6) is 0 Å². The van der Waals surface area contributed by atoms with Crippen LogP contribution in [-0.2, 0) is 10.2 Å². The number of anilines is 1. The van der Waals surface area contributed by atoms with Gasteiger partial charge in [-0.2, -0.15) is 13.1 Å². The number of hydrogen-bond donors (Lipinski definition) is 2. The van der Waals surface area contributed by atoms with Crippen LogP contribution >= 0.6 is 0 Å². The van der Waals surface area contributed by atoms with Crippen LogP contribution in [0.1, 0.15) is 12.0 Å². The highest BCUT2D eigenvalue weighted by atomic mass is 32.2. The van der Waals surface area contributed by atoms with E-state index in [1.165, 1.54) is 4.31 Å². The van der Waals surface area contributed by atoms with E-state index in [9.17, 15) is 8.42 Å². The van der Waals surface area contributed by atoms with Gasteiger partial charge in [-0.25, -0.2) is 0 Å². The molecule has 1 heterocycles. The van der Waals surface area contributed by atoms with E-state index in [2.05, 4.69) is 4.72 Å². The number of aryl methyl sites for hydroxylation is 1. The minimum Gasteiger partial charge on any atom is -0.330 e. The maximum Gasteiger partial charge on any atom is 0.301 e. The van der Waals surface area contributed by atoms with Gasteiger partial charge in [0, 0.05) is 13.1 Å². The normalized spacial score (nSPS) is 23.0. The van der Waals surface area contributed by atoms with Gasteiger partial charge in [0.2, 0.25) is 0 Å². The number of benzene rings is 1. The quantitative estimate of drug-likeness (QED) is 0.844. The third-order valence-electron chi connectivity index (χ3n) is 3.23. The second-order valence-electron chi connectivity index (χ2n) is 4.61. The third-order valence-corrected chi connectivity index (χ3v) is 4.69. The smallest absolute Gasteiger partial charge is 0.301 e. The van der Waals surface area contributed by atoms with E-state index in [1.54, 1.807) is 0 Å². The second kappa shape index (κ2) is 5.26. The molecule has 5 nitrogen and oxygen atoms in total. The van der Waals surface area contributed by atoms with E-state index in [4.69, 9.17) is 5.73 Å². The molecule has 1 fully saturated rings. The van der Waals surface area contributed by atoms with Gasteiger partial charge in [0.1, 0.15) is 0 Å². The zero-order valence-corrected chi connectivity index (χ0v) is 11.3. The maximum absolute atomic E-state index is 12.1. The van der Waals surface area contributed by atoms with E-state index < -0.39 is 10.2 Å². The predicted molar refractivity (Wildman–Crippen MR) is 72.6 cm³/mol. The molecule has 0 amide bonds. The molecule has 1 aliphatic rings. The highest BCUT2D eigenvalue weighted by Crippen LogP contribution is 2.25. The average molecular weight is 269 g/mol. The number of rotatable bonds is 3. The minimum atomic E-state index is -3.41. The molecule has 0 radical (unpaired) electrons. The number of para-hydroxylation sites is 1. The van der Waals surface area contributed by atoms with E-state index >= 15 is 0 Å². The fourth-order valence-corrected chi connectivity index (χ4v) is 3.67. The van der Waals surface area contributed by atoms with Crippen LogP contribution in [0.3, 0.4) is 0 Å². The lowest BCUT2D eigenvalue weighted by Crippen LogP contribution is -2.52. The predicted octanol–water partition coefficient (Wildman–Crippen LogP) is 0.614. The first kappa shape index (κ1) is 13.3. The summed E-state index contributed by atoms with van der Waals surface area (Å²) in [5.41, 5.74) is 7.24. The largest absolute Gasteiger partial charge is 0.330 e. The van der Waals surface area contributed by atoms with Crippen molar-refractivity contribution in [2.75, 3.05) is 23.9 Å². The molecule has 100 valence electrons. The molecule has 18 heavy (non-hydrogen) atoms. The molecule has 1 aromatic carbocycles. The Morgan fingerprint density at radius 1 is 1.44 bits per heavy atom. The third kappa shape index (κ3) is 2.66. The summed E-state index contributed by atoms with van der Waals surface area (Å²) < 4.78 is 28.2. The van der Waals surface area contributed by atoms with Crippen molar-refractivity contribution in [1.82, 2.24) is 4.72 Å². The number of nitrogens with two attached hydrogens (primary N) is 1. The first-order chi connectivity index (χ1) is 8.54. The highest BCUT2D eigenvalue weighted by Gasteiger charge is 2.31. The molecule has 1 unspecified atom stereocenters. The van der Waals surface area contributed by atoms with Gasteiger partial charge >= 0.3 is 10.2 Å². The number of nitrogens with zero attached hydrogens (tertiary/aromatic N) is 1. The van der Waals surface area contributed by atoms with Crippen LogP contribution < -0.4 is 14.8 Å². The fourth-order valence-electron chi connectivity index (χ4n) is 2.20. The van der Waals surface area contributed by atoms with Gasteiger partial charge in [-0.1, -0.05) is 18.2 Å². The van der Waals surface area contributed by atoms with Crippen LogP contribution in [0.2, 0.25) is 0 Å². The molecule has 2 rings (SSSR count). The monoisotopic (exact) mass is 269 g/mol. The Bertz CT molecular complexity index is 516. The van der Waals surface area contributed by atoms with Crippen molar-refractivity contribution in [3.63, 3.8) is 0 Å². The first-order valence-electron chi connectivity index (χ1n) is 6.07. The molecule has 0 aliphatic carbocycles. The Labute approximate surface area is 108 Å². The maximum atomic E-state index is 12.1. The Balaban J connectivity index is 2.30. The second-order valence-corrected chi connectivity index (χ2v) is 6.29. The van der Waals surface area contributed by atoms with Crippen molar-refractivity contribution in [3.05, 3.63) is 29.8 Å². The van der Waals surface area contributed by atoms with Gasteiger partial charge < -0.3 is 5.73 Å². The SMILES string of the molecule is Cc1ccccc1N1CC(CCN)CNS1(=O)=O. The zero-order chi connectivity index (χ0) is 13.2. The van der Waals surface area contributed by atoms with Crippen LogP contribution in [0, 0.1) is 12.8 Å². The fraction of sp³-hybridized carbons (Fsp3) is 0.500. The molecule has 6 heteroatoms. The summed E-state index contributed by atoms with van der Waals surface area (Å²) in [6.45, 7) is 3.46. The van der Waals surface area contributed by atoms with E-state index in [-0.39, 0.29) is 5.92 Å². The molecule has 0 saturated carbocycles. The summed E-state index contributed by atoms with van der Waals surface area (Å²) in [5.74, 6) is 0.262. The lowest BCUT2D eigenvalue weighted by Gasteiger charge is -2.34. The summed E-state index contributed by atoms with van der Waals surface area (Å²) in [6.07, 6.45) is 0.824. The lowest BCUT2D eigenvalue weighted by molar-refractivity contribution is 0.459. The molecule has 3 N–H and O–H groups in total. The van der Waals surface area contributed by atoms with Crippen molar-refractivity contribution < 1.29 is 8.42 Å². The molecule has 1 aromatic rings. The van der Waals surface area contributed by atoms with E-state index in [0.29, 0.717) is 19.6 Å². The van der Waals surface area contributed by atoms with Crippen LogP contribution in [0.15, 0.2) is 24.3 Å². The highest BCUT2D eigenvalue weighted by molar-refractivity contribution is 7.90. The zero-order valence-electron chi connectivity index (χ0n) is 10.5. The van der Waals surface area contributed by atoms with Gasteiger partial charge in [0.25, 0.3) is 0 Å². The van der Waals surface area contributed by atoms with Gasteiger partial charge in [0.05, 0.1) is 5.69 Å². The van der Waals surface area contributed by atoms with E-state index in [0.717, 1.165) is 17.7 Å². The molecule has 0 spiro atoms. The molecule has 0 aromatic heterocycles. The van der Waals surface area contributed by atoms with Crippen LogP contribution in [-0.4, -0.2) is 28.1 Å².